The number of halogens is 4. The summed E-state index contributed by atoms with van der Waals surface area (Å²) in [5, 5.41) is 8.41. The summed E-state index contributed by atoms with van der Waals surface area (Å²) < 4.78 is 62.0. The van der Waals surface area contributed by atoms with Gasteiger partial charge in [-0.05, 0) is 18.2 Å². The van der Waals surface area contributed by atoms with Crippen LogP contribution in [0, 0.1) is 5.92 Å². The van der Waals surface area contributed by atoms with E-state index in [4.69, 9.17) is 16.7 Å². The Labute approximate surface area is 123 Å². The maximum Gasteiger partial charge on any atom is 0.394 e. The number of carboxylic acids is 1. The van der Waals surface area contributed by atoms with Gasteiger partial charge in [-0.2, -0.15) is 17.5 Å². The van der Waals surface area contributed by atoms with Gasteiger partial charge >= 0.3 is 12.1 Å². The van der Waals surface area contributed by atoms with Gasteiger partial charge in [0.1, 0.15) is 4.90 Å². The first-order chi connectivity index (χ1) is 9.53. The Morgan fingerprint density at radius 3 is 2.33 bits per heavy atom. The zero-order chi connectivity index (χ0) is 16.0. The monoisotopic (exact) mass is 343 g/mol. The van der Waals surface area contributed by atoms with Crippen LogP contribution < -0.4 is 0 Å². The van der Waals surface area contributed by atoms with Gasteiger partial charge in [0.15, 0.2) is 0 Å². The molecule has 0 atom stereocenters. The molecule has 1 aromatic rings. The molecule has 2 rings (SSSR count). The standard InChI is InChI=1S/C11H9ClF3NO4S/c12-8-3-6(10(17)18)1-2-9(8)21(19,20)16-4-7(5-16)11(13,14)15/h1-3,7H,4-5H2,(H,17,18). The lowest BCUT2D eigenvalue weighted by Gasteiger charge is -2.38. The van der Waals surface area contributed by atoms with Gasteiger partial charge in [-0.25, -0.2) is 13.2 Å². The minimum absolute atomic E-state index is 0.212. The molecule has 1 saturated heterocycles. The molecule has 0 unspecified atom stereocenters. The number of nitrogens with zero attached hydrogens (tertiary/aromatic N) is 1. The highest BCUT2D eigenvalue weighted by atomic mass is 35.5. The fourth-order valence-corrected chi connectivity index (χ4v) is 3.87. The van der Waals surface area contributed by atoms with Crippen LogP contribution in [-0.2, 0) is 10.0 Å². The van der Waals surface area contributed by atoms with Gasteiger partial charge in [-0.1, -0.05) is 11.6 Å². The molecule has 0 radical (unpaired) electrons. The van der Waals surface area contributed by atoms with E-state index in [2.05, 4.69) is 0 Å². The van der Waals surface area contributed by atoms with E-state index in [1.165, 1.54) is 0 Å². The highest BCUT2D eigenvalue weighted by Crippen LogP contribution is 2.37. The number of benzene rings is 1. The third-order valence-electron chi connectivity index (χ3n) is 3.11. The highest BCUT2D eigenvalue weighted by Gasteiger charge is 2.51. The molecule has 1 aliphatic rings. The maximum atomic E-state index is 12.4. The summed E-state index contributed by atoms with van der Waals surface area (Å²) in [6, 6.07) is 2.95. The van der Waals surface area contributed by atoms with Crippen molar-refractivity contribution in [3.8, 4) is 0 Å². The second kappa shape index (κ2) is 5.15. The van der Waals surface area contributed by atoms with Crippen molar-refractivity contribution < 1.29 is 31.5 Å². The SMILES string of the molecule is O=C(O)c1ccc(S(=O)(=O)N2CC(C(F)(F)F)C2)c(Cl)c1. The molecule has 1 aliphatic heterocycles. The normalized spacial score (nSPS) is 17.5. The molecule has 0 amide bonds. The van der Waals surface area contributed by atoms with Crippen molar-refractivity contribution >= 4 is 27.6 Å². The minimum Gasteiger partial charge on any atom is -0.478 e. The Hall–Kier alpha value is -1.32. The zero-order valence-corrected chi connectivity index (χ0v) is 11.8. The van der Waals surface area contributed by atoms with Crippen LogP contribution in [0.3, 0.4) is 0 Å². The molecule has 0 saturated carbocycles. The Morgan fingerprint density at radius 2 is 1.90 bits per heavy atom. The number of carbonyl (C=O) groups is 1. The first-order valence-corrected chi connectivity index (χ1v) is 7.45. The average molecular weight is 344 g/mol. The fraction of sp³-hybridized carbons (Fsp3) is 0.364. The van der Waals surface area contributed by atoms with Gasteiger partial charge in [0, 0.05) is 13.1 Å². The number of rotatable bonds is 3. The highest BCUT2D eigenvalue weighted by molar-refractivity contribution is 7.89. The van der Waals surface area contributed by atoms with Crippen molar-refractivity contribution in [3.05, 3.63) is 28.8 Å². The maximum absolute atomic E-state index is 12.4. The summed E-state index contributed by atoms with van der Waals surface area (Å²) in [6.07, 6.45) is -4.44. The topological polar surface area (TPSA) is 74.7 Å². The molecule has 0 aliphatic carbocycles. The molecule has 1 N–H and O–H groups in total. The van der Waals surface area contributed by atoms with E-state index in [0.717, 1.165) is 18.2 Å². The molecule has 1 fully saturated rings. The summed E-state index contributed by atoms with van der Waals surface area (Å²) in [5.74, 6) is -2.98. The first kappa shape index (κ1) is 16.1. The minimum atomic E-state index is -4.44. The molecular weight excluding hydrogens is 335 g/mol. The van der Waals surface area contributed by atoms with Gasteiger partial charge < -0.3 is 5.11 Å². The predicted octanol–water partition coefficient (Wildman–Crippen LogP) is 2.22. The van der Waals surface area contributed by atoms with Crippen molar-refractivity contribution in [2.45, 2.75) is 11.1 Å². The quantitative estimate of drug-likeness (QED) is 0.913. The molecule has 0 aromatic heterocycles. The Bertz CT molecular complexity index is 683. The smallest absolute Gasteiger partial charge is 0.394 e. The van der Waals surface area contributed by atoms with Crippen LogP contribution in [0.5, 0.6) is 0 Å². The van der Waals surface area contributed by atoms with E-state index in [-0.39, 0.29) is 10.6 Å². The molecule has 1 aromatic carbocycles. The van der Waals surface area contributed by atoms with Crippen LogP contribution in [0.2, 0.25) is 5.02 Å². The van der Waals surface area contributed by atoms with Gasteiger partial charge in [0.2, 0.25) is 10.0 Å². The van der Waals surface area contributed by atoms with E-state index >= 15 is 0 Å². The molecule has 10 heteroatoms. The number of alkyl halides is 3. The lowest BCUT2D eigenvalue weighted by atomic mass is 10.0. The van der Waals surface area contributed by atoms with Crippen molar-refractivity contribution in [2.75, 3.05) is 13.1 Å². The molecule has 116 valence electrons. The van der Waals surface area contributed by atoms with Crippen molar-refractivity contribution in [1.29, 1.82) is 0 Å². The van der Waals surface area contributed by atoms with Crippen LogP contribution in [0.4, 0.5) is 13.2 Å². The fourth-order valence-electron chi connectivity index (χ4n) is 1.82. The van der Waals surface area contributed by atoms with Gasteiger partial charge in [0.05, 0.1) is 16.5 Å². The number of sulfonamides is 1. The van der Waals surface area contributed by atoms with Crippen LogP contribution >= 0.6 is 11.6 Å². The van der Waals surface area contributed by atoms with Gasteiger partial charge in [-0.3, -0.25) is 0 Å². The van der Waals surface area contributed by atoms with Gasteiger partial charge in [0.25, 0.3) is 0 Å². The predicted molar refractivity (Wildman–Crippen MR) is 66.7 cm³/mol. The third kappa shape index (κ3) is 2.99. The lowest BCUT2D eigenvalue weighted by molar-refractivity contribution is -0.198. The Kier molecular flexibility index (Phi) is 3.94. The van der Waals surface area contributed by atoms with Crippen molar-refractivity contribution in [3.63, 3.8) is 0 Å². The van der Waals surface area contributed by atoms with Crippen molar-refractivity contribution in [2.24, 2.45) is 5.92 Å². The Balaban J connectivity index is 2.24. The van der Waals surface area contributed by atoms with Crippen LogP contribution in [0.25, 0.3) is 0 Å². The molecule has 0 bridgehead atoms. The molecular formula is C11H9ClF3NO4S. The summed E-state index contributed by atoms with van der Waals surface area (Å²) in [7, 11) is -4.16. The third-order valence-corrected chi connectivity index (χ3v) is 5.42. The van der Waals surface area contributed by atoms with Crippen molar-refractivity contribution in [1.82, 2.24) is 4.31 Å². The largest absolute Gasteiger partial charge is 0.478 e. The van der Waals surface area contributed by atoms with Gasteiger partial charge in [-0.15, -0.1) is 0 Å². The molecule has 0 spiro atoms. The number of hydrogen-bond acceptors (Lipinski definition) is 3. The number of aromatic carboxylic acids is 1. The van der Waals surface area contributed by atoms with E-state index in [0.29, 0.717) is 4.31 Å². The molecule has 5 nitrogen and oxygen atoms in total. The summed E-state index contributed by atoms with van der Waals surface area (Å²) in [5.41, 5.74) is -0.212. The first-order valence-electron chi connectivity index (χ1n) is 5.63. The average Bonchev–Trinajstić information content (AvgIpc) is 2.23. The summed E-state index contributed by atoms with van der Waals surface area (Å²) in [4.78, 5) is 10.3. The van der Waals surface area contributed by atoms with Crippen LogP contribution in [-0.4, -0.2) is 43.1 Å². The van der Waals surface area contributed by atoms with E-state index in [1.807, 2.05) is 0 Å². The van der Waals surface area contributed by atoms with Crippen LogP contribution in [0.15, 0.2) is 23.1 Å². The zero-order valence-electron chi connectivity index (χ0n) is 10.3. The van der Waals surface area contributed by atoms with E-state index in [9.17, 15) is 26.4 Å². The number of hydrogen-bond donors (Lipinski definition) is 1. The summed E-state index contributed by atoms with van der Waals surface area (Å²) >= 11 is 5.72. The molecule has 1 heterocycles. The summed E-state index contributed by atoms with van der Waals surface area (Å²) in [6.45, 7) is -1.33. The van der Waals surface area contributed by atoms with E-state index in [1.54, 1.807) is 0 Å². The van der Waals surface area contributed by atoms with E-state index < -0.39 is 46.1 Å². The lowest BCUT2D eigenvalue weighted by Crippen LogP contribution is -2.55. The Morgan fingerprint density at radius 1 is 1.33 bits per heavy atom. The van der Waals surface area contributed by atoms with Crippen LogP contribution in [0.1, 0.15) is 10.4 Å². The second-order valence-electron chi connectivity index (χ2n) is 4.51. The number of carboxylic acid groups (broad SMARTS) is 1. The molecule has 21 heavy (non-hydrogen) atoms. The second-order valence-corrected chi connectivity index (χ2v) is 6.82.